The number of methoxy groups -OCH3 is 2. The van der Waals surface area contributed by atoms with Crippen LogP contribution in [0.1, 0.15) is 7.43 Å². The van der Waals surface area contributed by atoms with E-state index in [0.717, 1.165) is 33.2 Å². The third kappa shape index (κ3) is 14.3. The lowest BCUT2D eigenvalue weighted by Crippen LogP contribution is -1.97. The van der Waals surface area contributed by atoms with Crippen molar-refractivity contribution in [3.63, 3.8) is 0 Å². The van der Waals surface area contributed by atoms with E-state index in [1.54, 1.807) is 38.5 Å². The summed E-state index contributed by atoms with van der Waals surface area (Å²) >= 11 is 9.69. The molecule has 0 saturated heterocycles. The first kappa shape index (κ1) is 27.3. The number of hydrogen-bond acceptors (Lipinski definition) is 4. The largest absolute Gasteiger partial charge is 0.508 e. The molecule has 0 spiro atoms. The van der Waals surface area contributed by atoms with Crippen LogP contribution in [0, 0.1) is 0 Å². The molecule has 2 aromatic rings. The fourth-order valence-corrected chi connectivity index (χ4v) is 1.57. The van der Waals surface area contributed by atoms with Gasteiger partial charge in [-0.15, -0.1) is 0 Å². The van der Waals surface area contributed by atoms with E-state index in [1.165, 1.54) is 0 Å². The van der Waals surface area contributed by atoms with Crippen LogP contribution in [0.25, 0.3) is 0 Å². The maximum atomic E-state index is 8.80. The predicted octanol–water partition coefficient (Wildman–Crippen LogP) is 6.28. The van der Waals surface area contributed by atoms with Gasteiger partial charge in [-0.1, -0.05) is 55.2 Å². The van der Waals surface area contributed by atoms with Crippen LogP contribution in [0.3, 0.4) is 0 Å². The Balaban J connectivity index is 0. The Hall–Kier alpha value is -0.920. The van der Waals surface area contributed by atoms with E-state index in [-0.39, 0.29) is 13.2 Å². The highest BCUT2D eigenvalue weighted by molar-refractivity contribution is 9.12. The summed E-state index contributed by atoms with van der Waals surface area (Å²) < 4.78 is 15.2. The van der Waals surface area contributed by atoms with Crippen LogP contribution in [0.4, 0.5) is 0 Å². The minimum atomic E-state index is 0. The molecule has 0 fully saturated rings. The van der Waals surface area contributed by atoms with Gasteiger partial charge in [0.1, 0.15) is 23.0 Å². The second-order valence-corrected chi connectivity index (χ2v) is 6.67. The lowest BCUT2D eigenvalue weighted by atomic mass is 10.3. The van der Waals surface area contributed by atoms with Crippen molar-refractivity contribution >= 4 is 47.8 Å². The maximum Gasteiger partial charge on any atom is 0.119 e. The molecule has 148 valence electrons. The quantitative estimate of drug-likeness (QED) is 0.424. The van der Waals surface area contributed by atoms with Crippen LogP contribution in [-0.2, 0) is 0 Å². The molecule has 2 rings (SSSR count). The molecule has 4 nitrogen and oxygen atoms in total. The fourth-order valence-electron chi connectivity index (χ4n) is 1.41. The number of rotatable bonds is 6. The number of alkyl halides is 3. The van der Waals surface area contributed by atoms with Crippen LogP contribution < -0.4 is 14.2 Å². The highest BCUT2D eigenvalue weighted by atomic mass is 79.9. The highest BCUT2D eigenvalue weighted by Crippen LogP contribution is 2.17. The van der Waals surface area contributed by atoms with E-state index in [2.05, 4.69) is 47.8 Å². The van der Waals surface area contributed by atoms with Crippen LogP contribution in [0.15, 0.2) is 48.5 Å². The summed E-state index contributed by atoms with van der Waals surface area (Å²) in [4.78, 5) is 0. The summed E-state index contributed by atoms with van der Waals surface area (Å²) in [5.41, 5.74) is 0. The molecule has 0 aliphatic carbocycles. The zero-order valence-electron chi connectivity index (χ0n) is 14.3. The monoisotopic (exact) mass is 556 g/mol. The smallest absolute Gasteiger partial charge is 0.119 e. The summed E-state index contributed by atoms with van der Waals surface area (Å²) in [6, 6.07) is 14.1. The van der Waals surface area contributed by atoms with Crippen molar-refractivity contribution in [1.29, 1.82) is 0 Å². The number of hydrogen-bond donors (Lipinski definition) is 1. The molecule has 2 aromatic carbocycles. The Labute approximate surface area is 182 Å². The van der Waals surface area contributed by atoms with Gasteiger partial charge < -0.3 is 19.3 Å². The minimum absolute atomic E-state index is 0. The topological polar surface area (TPSA) is 47.9 Å². The van der Waals surface area contributed by atoms with E-state index < -0.39 is 0 Å². The molecular formula is C19H27Br3O4. The molecule has 0 radical (unpaired) electrons. The number of ether oxygens (including phenoxy) is 3. The van der Waals surface area contributed by atoms with Gasteiger partial charge >= 0.3 is 0 Å². The Kier molecular flexibility index (Phi) is 19.8. The fraction of sp³-hybridized carbons (Fsp3) is 0.368. The van der Waals surface area contributed by atoms with Crippen molar-refractivity contribution in [3.05, 3.63) is 48.5 Å². The summed E-state index contributed by atoms with van der Waals surface area (Å²) in [6.07, 6.45) is 0. The Morgan fingerprint density at radius 2 is 1.08 bits per heavy atom. The predicted molar refractivity (Wildman–Crippen MR) is 121 cm³/mol. The molecule has 0 unspecified atom stereocenters. The molecule has 0 saturated carbocycles. The zero-order chi connectivity index (χ0) is 18.9. The number of benzene rings is 2. The maximum absolute atomic E-state index is 8.80. The second kappa shape index (κ2) is 18.9. The summed E-state index contributed by atoms with van der Waals surface area (Å²) in [5.74, 6) is 2.74. The van der Waals surface area contributed by atoms with Gasteiger partial charge in [0.25, 0.3) is 0 Å². The zero-order valence-corrected chi connectivity index (χ0v) is 19.0. The van der Waals surface area contributed by atoms with Crippen LogP contribution >= 0.6 is 47.8 Å². The summed E-state index contributed by atoms with van der Waals surface area (Å²) in [7, 11) is 3.24. The molecular weight excluding hydrogens is 532 g/mol. The lowest BCUT2D eigenvalue weighted by Gasteiger charge is -2.04. The first-order valence-electron chi connectivity index (χ1n) is 7.39. The van der Waals surface area contributed by atoms with Gasteiger partial charge in [-0.2, -0.15) is 0 Å². The van der Waals surface area contributed by atoms with Crippen LogP contribution in [0.5, 0.6) is 23.0 Å². The Morgan fingerprint density at radius 1 is 0.692 bits per heavy atom. The number of phenols is 1. The number of aromatic hydroxyl groups is 1. The third-order valence-corrected chi connectivity index (χ3v) is 4.73. The normalized spacial score (nSPS) is 8.65. The van der Waals surface area contributed by atoms with Gasteiger partial charge in [-0.25, -0.2) is 0 Å². The second-order valence-electron chi connectivity index (χ2n) is 4.29. The standard InChI is InChI=1S/C9H11BrO2.C7H8O2.C2H4Br2.CH4/c1-11-8-2-4-9(5-3-8)12-7-6-10;1-9-7-4-2-6(8)3-5-7;3-1-2-4;/h2-5H,6-7H2,1H3;2-5,8H,1H3;1-2H2;1H4. The van der Waals surface area contributed by atoms with Crippen molar-refractivity contribution in [2.45, 2.75) is 7.43 Å². The average molecular weight is 559 g/mol. The average Bonchev–Trinajstić information content (AvgIpc) is 2.68. The number of phenolic OH excluding ortho intramolecular Hbond substituents is 1. The molecule has 0 heterocycles. The summed E-state index contributed by atoms with van der Waals surface area (Å²) in [6.45, 7) is 0.687. The van der Waals surface area contributed by atoms with Gasteiger partial charge in [0, 0.05) is 16.0 Å². The molecule has 0 aliphatic heterocycles. The van der Waals surface area contributed by atoms with E-state index in [0.29, 0.717) is 6.61 Å². The van der Waals surface area contributed by atoms with E-state index in [9.17, 15) is 0 Å². The number of halogens is 3. The van der Waals surface area contributed by atoms with E-state index in [4.69, 9.17) is 19.3 Å². The molecule has 0 bridgehead atoms. The van der Waals surface area contributed by atoms with Crippen LogP contribution in [-0.4, -0.2) is 41.9 Å². The van der Waals surface area contributed by atoms with Crippen LogP contribution in [0.2, 0.25) is 0 Å². The minimum Gasteiger partial charge on any atom is -0.508 e. The Bertz CT molecular complexity index is 531. The summed E-state index contributed by atoms with van der Waals surface area (Å²) in [5, 5.41) is 11.7. The van der Waals surface area contributed by atoms with Gasteiger partial charge in [-0.3, -0.25) is 0 Å². The molecule has 26 heavy (non-hydrogen) atoms. The van der Waals surface area contributed by atoms with E-state index in [1.807, 2.05) is 24.3 Å². The Morgan fingerprint density at radius 3 is 1.42 bits per heavy atom. The SMILES string of the molecule is BrCCBr.C.COc1ccc(O)cc1.COc1ccc(OCCBr)cc1. The molecule has 0 aromatic heterocycles. The van der Waals surface area contributed by atoms with Gasteiger partial charge in [0.15, 0.2) is 0 Å². The lowest BCUT2D eigenvalue weighted by molar-refractivity contribution is 0.343. The van der Waals surface area contributed by atoms with Crippen molar-refractivity contribution in [3.8, 4) is 23.0 Å². The van der Waals surface area contributed by atoms with Crippen molar-refractivity contribution < 1.29 is 19.3 Å². The van der Waals surface area contributed by atoms with Crippen molar-refractivity contribution in [1.82, 2.24) is 0 Å². The van der Waals surface area contributed by atoms with E-state index >= 15 is 0 Å². The van der Waals surface area contributed by atoms with Gasteiger partial charge in [0.2, 0.25) is 0 Å². The first-order chi connectivity index (χ1) is 12.1. The molecule has 0 aliphatic rings. The molecule has 7 heteroatoms. The van der Waals surface area contributed by atoms with Crippen molar-refractivity contribution in [2.75, 3.05) is 36.8 Å². The van der Waals surface area contributed by atoms with Gasteiger partial charge in [0.05, 0.1) is 20.8 Å². The third-order valence-electron chi connectivity index (χ3n) is 2.55. The molecule has 0 amide bonds. The molecule has 1 N–H and O–H groups in total. The molecule has 0 atom stereocenters. The highest BCUT2D eigenvalue weighted by Gasteiger charge is 1.93. The van der Waals surface area contributed by atoms with Gasteiger partial charge in [-0.05, 0) is 48.5 Å². The first-order valence-corrected chi connectivity index (χ1v) is 10.8. The van der Waals surface area contributed by atoms with Crippen molar-refractivity contribution in [2.24, 2.45) is 0 Å².